The highest BCUT2D eigenvalue weighted by molar-refractivity contribution is 5.72. The van der Waals surface area contributed by atoms with Crippen LogP contribution >= 0.6 is 0 Å². The lowest BCUT2D eigenvalue weighted by Crippen LogP contribution is -2.48. The molecular weight excluding hydrogens is 524 g/mol. The average molecular weight is 559 g/mol. The first-order valence-corrected chi connectivity index (χ1v) is 13.5. The Balaban J connectivity index is 1.34. The summed E-state index contributed by atoms with van der Waals surface area (Å²) in [5.41, 5.74) is 1.88. The highest BCUT2D eigenvalue weighted by Crippen LogP contribution is 2.43. The summed E-state index contributed by atoms with van der Waals surface area (Å²) in [5, 5.41) is 0. The van der Waals surface area contributed by atoms with Gasteiger partial charge in [0.05, 0.1) is 30.2 Å². The number of halogens is 4. The molecule has 0 unspecified atom stereocenters. The molecule has 40 heavy (non-hydrogen) atoms. The van der Waals surface area contributed by atoms with Crippen molar-refractivity contribution >= 4 is 11.4 Å². The number of alkyl halides is 2. The van der Waals surface area contributed by atoms with Gasteiger partial charge in [0.25, 0.3) is 0 Å². The maximum Gasteiger partial charge on any atom is 0.416 e. The molecule has 0 atom stereocenters. The first-order chi connectivity index (χ1) is 19.0. The molecule has 2 aromatic heterocycles. The molecule has 5 rings (SSSR count). The fraction of sp³-hybridized carbons (Fsp3) is 0.483. The molecule has 0 aliphatic carbocycles. The molecule has 2 aliphatic rings. The van der Waals surface area contributed by atoms with E-state index in [1.54, 1.807) is 13.8 Å². The lowest BCUT2D eigenvalue weighted by atomic mass is 9.96. The van der Waals surface area contributed by atoms with Gasteiger partial charge in [-0.2, -0.15) is 8.78 Å². The number of hydrogen-bond acceptors (Lipinski definition) is 7. The van der Waals surface area contributed by atoms with E-state index < -0.39 is 30.0 Å². The van der Waals surface area contributed by atoms with E-state index in [0.29, 0.717) is 17.4 Å². The van der Waals surface area contributed by atoms with Crippen LogP contribution in [0.5, 0.6) is 5.75 Å². The van der Waals surface area contributed by atoms with Crippen LogP contribution in [-0.4, -0.2) is 72.3 Å². The molecule has 0 saturated carbocycles. The molecule has 0 radical (unpaired) electrons. The zero-order valence-electron chi connectivity index (χ0n) is 23.2. The second kappa shape index (κ2) is 11.2. The fourth-order valence-corrected chi connectivity index (χ4v) is 5.41. The molecule has 7 nitrogen and oxygen atoms in total. The predicted molar refractivity (Wildman–Crippen MR) is 146 cm³/mol. The molecule has 3 aromatic rings. The van der Waals surface area contributed by atoms with Gasteiger partial charge in [-0.05, 0) is 71.0 Å². The van der Waals surface area contributed by atoms with Crippen LogP contribution in [0, 0.1) is 17.6 Å². The Bertz CT molecular complexity index is 1340. The molecule has 0 bridgehead atoms. The molecule has 0 N–H and O–H groups in total. The van der Waals surface area contributed by atoms with Gasteiger partial charge in [0.15, 0.2) is 17.4 Å². The Kier molecular flexibility index (Phi) is 7.85. The fourth-order valence-electron chi connectivity index (χ4n) is 5.41. The number of ether oxygens (including phenoxy) is 1. The van der Waals surface area contributed by atoms with Crippen LogP contribution in [0.1, 0.15) is 38.2 Å². The van der Waals surface area contributed by atoms with Crippen molar-refractivity contribution < 1.29 is 22.3 Å². The summed E-state index contributed by atoms with van der Waals surface area (Å²) >= 11 is 0. The third kappa shape index (κ3) is 6.14. The summed E-state index contributed by atoms with van der Waals surface area (Å²) in [4.78, 5) is 18.9. The summed E-state index contributed by atoms with van der Waals surface area (Å²) in [5.74, 6) is -1.31. The summed E-state index contributed by atoms with van der Waals surface area (Å²) in [6, 6.07) is 5.95. The van der Waals surface area contributed by atoms with Crippen LogP contribution in [0.25, 0.3) is 11.3 Å². The van der Waals surface area contributed by atoms with Gasteiger partial charge in [-0.15, -0.1) is 0 Å². The maximum atomic E-state index is 15.0. The van der Waals surface area contributed by atoms with E-state index in [1.165, 1.54) is 11.0 Å². The van der Waals surface area contributed by atoms with Crippen molar-refractivity contribution in [1.29, 1.82) is 0 Å². The highest BCUT2D eigenvalue weighted by atomic mass is 19.3. The number of pyridine rings is 1. The Labute approximate surface area is 231 Å². The van der Waals surface area contributed by atoms with E-state index in [9.17, 15) is 17.6 Å². The van der Waals surface area contributed by atoms with Gasteiger partial charge in [-0.1, -0.05) is 0 Å². The number of fused-ring (bicyclic) bond motifs is 1. The molecule has 1 fully saturated rings. The van der Waals surface area contributed by atoms with Crippen LogP contribution in [0.4, 0.5) is 28.9 Å². The standard InChI is InChI=1S/C29H34F4N6O/c1-18(2)39-17-29(32,33)40-28-23(30)11-20(12-25(28)39)27-24(31)15-35-26(36-27)13-21-5-6-22(14-34-21)38-9-7-19(8-10-38)16-37(3)4/h5-6,11-12,14-15,18-19H,7-10,13,16-17H2,1-4H3. The first-order valence-electron chi connectivity index (χ1n) is 13.5. The second-order valence-corrected chi connectivity index (χ2v) is 11.1. The minimum absolute atomic E-state index is 0.109. The third-order valence-electron chi connectivity index (χ3n) is 7.38. The smallest absolute Gasteiger partial charge is 0.416 e. The Morgan fingerprint density at radius 3 is 2.45 bits per heavy atom. The highest BCUT2D eigenvalue weighted by Gasteiger charge is 2.43. The summed E-state index contributed by atoms with van der Waals surface area (Å²) in [6.07, 6.45) is 1.85. The number of rotatable bonds is 7. The van der Waals surface area contributed by atoms with Crippen molar-refractivity contribution in [3.8, 4) is 17.0 Å². The molecule has 11 heteroatoms. The zero-order valence-corrected chi connectivity index (χ0v) is 23.2. The van der Waals surface area contributed by atoms with E-state index in [-0.39, 0.29) is 29.4 Å². The van der Waals surface area contributed by atoms with Crippen molar-refractivity contribution in [3.63, 3.8) is 0 Å². The van der Waals surface area contributed by atoms with Gasteiger partial charge in [-0.25, -0.2) is 18.7 Å². The SMILES string of the molecule is CC(C)N1CC(F)(F)Oc2c(F)cc(-c3nc(Cc4ccc(N5CCC(CN(C)C)CC5)cn4)ncc3F)cc21. The maximum absolute atomic E-state index is 15.0. The minimum Gasteiger partial charge on any atom is -0.426 e. The van der Waals surface area contributed by atoms with Crippen molar-refractivity contribution in [2.75, 3.05) is 50.1 Å². The van der Waals surface area contributed by atoms with Crippen LogP contribution in [0.3, 0.4) is 0 Å². The molecule has 4 heterocycles. The number of benzene rings is 1. The average Bonchev–Trinajstić information content (AvgIpc) is 2.90. The van der Waals surface area contributed by atoms with Gasteiger partial charge >= 0.3 is 6.11 Å². The lowest BCUT2D eigenvalue weighted by molar-refractivity contribution is -0.174. The summed E-state index contributed by atoms with van der Waals surface area (Å²) in [7, 11) is 4.21. The van der Waals surface area contributed by atoms with E-state index >= 15 is 0 Å². The zero-order chi connectivity index (χ0) is 28.6. The van der Waals surface area contributed by atoms with Crippen LogP contribution < -0.4 is 14.5 Å². The molecule has 214 valence electrons. The molecule has 1 saturated heterocycles. The van der Waals surface area contributed by atoms with E-state index in [1.807, 2.05) is 18.3 Å². The summed E-state index contributed by atoms with van der Waals surface area (Å²) in [6.45, 7) is 5.75. The van der Waals surface area contributed by atoms with Gasteiger partial charge in [-0.3, -0.25) is 4.98 Å². The quantitative estimate of drug-likeness (QED) is 0.361. The lowest BCUT2D eigenvalue weighted by Gasteiger charge is -2.38. The second-order valence-electron chi connectivity index (χ2n) is 11.1. The van der Waals surface area contributed by atoms with Crippen molar-refractivity contribution in [2.24, 2.45) is 5.92 Å². The number of hydrogen-bond donors (Lipinski definition) is 0. The third-order valence-corrected chi connectivity index (χ3v) is 7.38. The number of aromatic nitrogens is 3. The van der Waals surface area contributed by atoms with Crippen LogP contribution in [0.2, 0.25) is 0 Å². The van der Waals surface area contributed by atoms with Crippen LogP contribution in [-0.2, 0) is 6.42 Å². The van der Waals surface area contributed by atoms with Gasteiger partial charge < -0.3 is 19.4 Å². The van der Waals surface area contributed by atoms with Gasteiger partial charge in [0, 0.05) is 36.9 Å². The number of piperidine rings is 1. The van der Waals surface area contributed by atoms with E-state index in [2.05, 4.69) is 43.6 Å². The van der Waals surface area contributed by atoms with Crippen molar-refractivity contribution in [3.05, 3.63) is 59.8 Å². The number of nitrogens with zero attached hydrogens (tertiary/aromatic N) is 6. The van der Waals surface area contributed by atoms with Gasteiger partial charge in [0.1, 0.15) is 18.1 Å². The molecule has 0 spiro atoms. The first kappa shape index (κ1) is 28.1. The van der Waals surface area contributed by atoms with Crippen molar-refractivity contribution in [2.45, 2.75) is 45.3 Å². The number of anilines is 2. The largest absolute Gasteiger partial charge is 0.426 e. The Morgan fingerprint density at radius 2 is 1.80 bits per heavy atom. The Hall–Kier alpha value is -3.47. The van der Waals surface area contributed by atoms with Crippen LogP contribution in [0.15, 0.2) is 36.7 Å². The molecule has 2 aliphatic heterocycles. The normalized spacial score (nSPS) is 17.4. The van der Waals surface area contributed by atoms with Gasteiger partial charge in [0.2, 0.25) is 0 Å². The van der Waals surface area contributed by atoms with Crippen molar-refractivity contribution in [1.82, 2.24) is 19.9 Å². The predicted octanol–water partition coefficient (Wildman–Crippen LogP) is 5.39. The Morgan fingerprint density at radius 1 is 1.05 bits per heavy atom. The monoisotopic (exact) mass is 558 g/mol. The summed E-state index contributed by atoms with van der Waals surface area (Å²) < 4.78 is 62.6. The molecular formula is C29H34F4N6O. The van der Waals surface area contributed by atoms with E-state index in [0.717, 1.165) is 50.4 Å². The molecule has 0 amide bonds. The van der Waals surface area contributed by atoms with E-state index in [4.69, 9.17) is 0 Å². The topological polar surface area (TPSA) is 57.6 Å². The molecule has 1 aromatic carbocycles. The minimum atomic E-state index is -3.54.